The first-order valence-corrected chi connectivity index (χ1v) is 19.0. The van der Waals surface area contributed by atoms with Gasteiger partial charge in [-0.25, -0.2) is 15.0 Å². The van der Waals surface area contributed by atoms with Crippen molar-refractivity contribution >= 4 is 54.5 Å². The maximum absolute atomic E-state index is 10.8. The van der Waals surface area contributed by atoms with Crippen molar-refractivity contribution < 1.29 is 0 Å². The number of hydrogen-bond acceptors (Lipinski definition) is 4. The van der Waals surface area contributed by atoms with Gasteiger partial charge >= 0.3 is 0 Å². The molecule has 0 unspecified atom stereocenters. The molecule has 0 saturated heterocycles. The Hall–Kier alpha value is -7.94. The van der Waals surface area contributed by atoms with Crippen molar-refractivity contribution in [3.8, 4) is 56.7 Å². The molecule has 11 rings (SSSR count). The van der Waals surface area contributed by atoms with Gasteiger partial charge < -0.3 is 4.57 Å². The molecule has 0 amide bonds. The van der Waals surface area contributed by atoms with Crippen LogP contribution in [-0.4, -0.2) is 19.5 Å². The van der Waals surface area contributed by atoms with Crippen LogP contribution in [-0.2, 0) is 0 Å². The Morgan fingerprint density at radius 3 is 1.60 bits per heavy atom. The smallest absolute Gasteiger partial charge is 0.0999 e. The third kappa shape index (κ3) is 5.27. The second kappa shape index (κ2) is 13.1. The fourth-order valence-corrected chi connectivity index (χ4v) is 8.40. The zero-order chi connectivity index (χ0) is 37.9. The molecule has 0 aliphatic carbocycles. The van der Waals surface area contributed by atoms with Gasteiger partial charge in [-0.1, -0.05) is 146 Å². The molecular formula is C52H31N5. The quantitative estimate of drug-likeness (QED) is 0.166. The summed E-state index contributed by atoms with van der Waals surface area (Å²) < 4.78 is 2.33. The van der Waals surface area contributed by atoms with E-state index in [1.54, 1.807) is 0 Å². The van der Waals surface area contributed by atoms with Gasteiger partial charge in [-0.3, -0.25) is 0 Å². The maximum Gasteiger partial charge on any atom is 0.0999 e. The summed E-state index contributed by atoms with van der Waals surface area (Å²) in [5, 5.41) is 15.8. The number of hydrogen-bond donors (Lipinski definition) is 0. The van der Waals surface area contributed by atoms with Crippen LogP contribution in [0.2, 0.25) is 0 Å². The number of rotatable bonds is 5. The number of aromatic nitrogens is 4. The Balaban J connectivity index is 1.11. The first-order valence-electron chi connectivity index (χ1n) is 19.0. The first kappa shape index (κ1) is 32.5. The minimum absolute atomic E-state index is 0.507. The molecule has 0 atom stereocenters. The third-order valence-corrected chi connectivity index (χ3v) is 11.0. The number of pyridine rings is 1. The molecule has 0 spiro atoms. The number of nitrogens with zero attached hydrogens (tertiary/aromatic N) is 5. The lowest BCUT2D eigenvalue weighted by molar-refractivity contribution is 1.18. The molecule has 0 aliphatic heterocycles. The number of fused-ring (bicyclic) bond motifs is 8. The normalized spacial score (nSPS) is 11.5. The summed E-state index contributed by atoms with van der Waals surface area (Å²) in [5.41, 5.74) is 13.5. The van der Waals surface area contributed by atoms with Crippen LogP contribution in [0.1, 0.15) is 5.56 Å². The lowest BCUT2D eigenvalue weighted by atomic mass is 9.93. The monoisotopic (exact) mass is 725 g/mol. The van der Waals surface area contributed by atoms with Gasteiger partial charge in [0.25, 0.3) is 0 Å². The minimum atomic E-state index is 0.507. The number of nitriles is 1. The van der Waals surface area contributed by atoms with Crippen molar-refractivity contribution in [1.82, 2.24) is 19.5 Å². The van der Waals surface area contributed by atoms with Gasteiger partial charge in [-0.15, -0.1) is 0 Å². The summed E-state index contributed by atoms with van der Waals surface area (Å²) in [4.78, 5) is 16.0. The standard InChI is InChI=1S/C52H31N5/c53-32-38-31-44-52(56-51(35-16-5-2-6-17-35)50(55-44)34-14-3-1-4-15-34)48-42-22-7-10-23-43(42)54-49(47(38)48)37-19-13-18-36(30-37)33-26-28-39(29-27-33)57-45-24-11-8-20-40(45)41-21-9-12-25-46(41)57/h1-31H. The van der Waals surface area contributed by atoms with Crippen molar-refractivity contribution in [3.63, 3.8) is 0 Å². The minimum Gasteiger partial charge on any atom is -0.309 e. The van der Waals surface area contributed by atoms with E-state index in [0.29, 0.717) is 11.1 Å². The van der Waals surface area contributed by atoms with Crippen LogP contribution in [0.3, 0.4) is 0 Å². The van der Waals surface area contributed by atoms with E-state index in [-0.39, 0.29) is 0 Å². The van der Waals surface area contributed by atoms with Gasteiger partial charge in [0.2, 0.25) is 0 Å². The molecule has 0 radical (unpaired) electrons. The second-order valence-corrected chi connectivity index (χ2v) is 14.3. The zero-order valence-corrected chi connectivity index (χ0v) is 30.6. The van der Waals surface area contributed by atoms with Gasteiger partial charge in [0.05, 0.1) is 56.3 Å². The van der Waals surface area contributed by atoms with E-state index in [2.05, 4.69) is 138 Å². The molecule has 0 saturated carbocycles. The lowest BCUT2D eigenvalue weighted by Crippen LogP contribution is -1.99. The molecule has 11 aromatic rings. The van der Waals surface area contributed by atoms with E-state index in [1.165, 1.54) is 21.8 Å². The average Bonchev–Trinajstić information content (AvgIpc) is 3.63. The molecule has 0 N–H and O–H groups in total. The Kier molecular flexibility index (Phi) is 7.48. The van der Waals surface area contributed by atoms with Crippen LogP contribution in [0.4, 0.5) is 0 Å². The molecule has 0 bridgehead atoms. The summed E-state index contributed by atoms with van der Waals surface area (Å²) in [5.74, 6) is 0. The molecule has 0 aliphatic rings. The van der Waals surface area contributed by atoms with Crippen LogP contribution >= 0.6 is 0 Å². The third-order valence-electron chi connectivity index (χ3n) is 11.0. The highest BCUT2D eigenvalue weighted by Gasteiger charge is 2.22. The van der Waals surface area contributed by atoms with E-state index in [1.807, 2.05) is 60.7 Å². The lowest BCUT2D eigenvalue weighted by Gasteiger charge is -2.16. The SMILES string of the molecule is N#Cc1cc2nc(-c3ccccc3)c(-c3ccccc3)nc2c2c1c(-c1cccc(-c3ccc(-n4c5ccccc5c5ccccc54)cc3)c1)nc1ccccc12. The molecule has 5 heteroatoms. The summed E-state index contributed by atoms with van der Waals surface area (Å²) >= 11 is 0. The highest BCUT2D eigenvalue weighted by molar-refractivity contribution is 6.23. The molecule has 3 aromatic heterocycles. The van der Waals surface area contributed by atoms with Crippen LogP contribution in [0, 0.1) is 11.3 Å². The van der Waals surface area contributed by atoms with E-state index in [9.17, 15) is 5.26 Å². The highest BCUT2D eigenvalue weighted by atomic mass is 15.0. The van der Waals surface area contributed by atoms with Crippen molar-refractivity contribution in [2.45, 2.75) is 0 Å². The summed E-state index contributed by atoms with van der Waals surface area (Å²) in [6, 6.07) is 67.2. The molecule has 264 valence electrons. The van der Waals surface area contributed by atoms with Crippen molar-refractivity contribution in [2.24, 2.45) is 0 Å². The number of benzene rings is 8. The van der Waals surface area contributed by atoms with E-state index in [4.69, 9.17) is 15.0 Å². The van der Waals surface area contributed by atoms with Crippen LogP contribution in [0.5, 0.6) is 0 Å². The van der Waals surface area contributed by atoms with Gasteiger partial charge in [0.1, 0.15) is 0 Å². The Morgan fingerprint density at radius 1 is 0.386 bits per heavy atom. The fraction of sp³-hybridized carbons (Fsp3) is 0. The Morgan fingerprint density at radius 2 is 0.930 bits per heavy atom. The summed E-state index contributed by atoms with van der Waals surface area (Å²) in [7, 11) is 0. The fourth-order valence-electron chi connectivity index (χ4n) is 8.40. The van der Waals surface area contributed by atoms with E-state index in [0.717, 1.165) is 77.8 Å². The molecule has 5 nitrogen and oxygen atoms in total. The largest absolute Gasteiger partial charge is 0.309 e. The maximum atomic E-state index is 10.8. The van der Waals surface area contributed by atoms with Gasteiger partial charge in [0, 0.05) is 49.3 Å². The topological polar surface area (TPSA) is 67.4 Å². The van der Waals surface area contributed by atoms with Crippen molar-refractivity contribution in [3.05, 3.63) is 194 Å². The average molecular weight is 726 g/mol. The highest BCUT2D eigenvalue weighted by Crippen LogP contribution is 2.41. The van der Waals surface area contributed by atoms with Gasteiger partial charge in [0.15, 0.2) is 0 Å². The molecule has 8 aromatic carbocycles. The summed E-state index contributed by atoms with van der Waals surface area (Å²) in [6.45, 7) is 0. The Bertz CT molecular complexity index is 3340. The predicted octanol–water partition coefficient (Wildman–Crippen LogP) is 13.0. The van der Waals surface area contributed by atoms with Crippen LogP contribution < -0.4 is 0 Å². The van der Waals surface area contributed by atoms with Crippen molar-refractivity contribution in [1.29, 1.82) is 5.26 Å². The van der Waals surface area contributed by atoms with E-state index < -0.39 is 0 Å². The second-order valence-electron chi connectivity index (χ2n) is 14.3. The van der Waals surface area contributed by atoms with E-state index >= 15 is 0 Å². The van der Waals surface area contributed by atoms with Crippen molar-refractivity contribution in [2.75, 3.05) is 0 Å². The molecule has 3 heterocycles. The molecule has 0 fully saturated rings. The van der Waals surface area contributed by atoms with Crippen LogP contribution in [0.25, 0.3) is 105 Å². The Labute approximate surface area is 328 Å². The van der Waals surface area contributed by atoms with Crippen LogP contribution in [0.15, 0.2) is 188 Å². The first-order chi connectivity index (χ1) is 28.2. The zero-order valence-electron chi connectivity index (χ0n) is 30.6. The van der Waals surface area contributed by atoms with Gasteiger partial charge in [-0.05, 0) is 53.6 Å². The van der Waals surface area contributed by atoms with Gasteiger partial charge in [-0.2, -0.15) is 5.26 Å². The molecular weight excluding hydrogens is 695 g/mol. The number of para-hydroxylation sites is 3. The predicted molar refractivity (Wildman–Crippen MR) is 233 cm³/mol. The summed E-state index contributed by atoms with van der Waals surface area (Å²) in [6.07, 6.45) is 0. The molecule has 57 heavy (non-hydrogen) atoms.